The summed E-state index contributed by atoms with van der Waals surface area (Å²) in [5, 5.41) is 8.70. The number of para-hydroxylation sites is 1. The molecule has 0 amide bonds. The first-order valence-electron chi connectivity index (χ1n) is 4.65. The third-order valence-electron chi connectivity index (χ3n) is 2.19. The Bertz CT molecular complexity index is 497. The number of methoxy groups -OCH3 is 1. The lowest BCUT2D eigenvalue weighted by atomic mass is 10.2. The summed E-state index contributed by atoms with van der Waals surface area (Å²) in [6.07, 6.45) is 1.90. The number of benzene rings is 1. The van der Waals surface area contributed by atoms with Crippen LogP contribution in [-0.2, 0) is 0 Å². The smallest absolute Gasteiger partial charge is 0.209 e. The van der Waals surface area contributed by atoms with E-state index in [1.165, 1.54) is 16.4 Å². The maximum atomic E-state index is 5.88. The van der Waals surface area contributed by atoms with Gasteiger partial charge in [0, 0.05) is 0 Å². The van der Waals surface area contributed by atoms with Crippen LogP contribution in [0.1, 0.15) is 0 Å². The Labute approximate surface area is 97.6 Å². The Hall–Kier alpha value is -1.69. The Balaban J connectivity index is 2.54. The van der Waals surface area contributed by atoms with Crippen molar-refractivity contribution in [2.75, 3.05) is 19.2 Å². The molecular formula is C10H12N4OS. The maximum Gasteiger partial charge on any atom is 0.209 e. The molecule has 1 heterocycles. The molecular weight excluding hydrogens is 224 g/mol. The lowest BCUT2D eigenvalue weighted by Crippen LogP contribution is -2.11. The summed E-state index contributed by atoms with van der Waals surface area (Å²) < 4.78 is 6.71. The number of hydrogen-bond donors (Lipinski definition) is 1. The largest absolute Gasteiger partial charge is 0.496 e. The molecule has 0 unspecified atom stereocenters. The van der Waals surface area contributed by atoms with E-state index in [-0.39, 0.29) is 0 Å². The second kappa shape index (κ2) is 4.44. The molecule has 2 aromatic rings. The van der Waals surface area contributed by atoms with Crippen LogP contribution in [0.5, 0.6) is 5.75 Å². The zero-order valence-electron chi connectivity index (χ0n) is 9.04. The van der Waals surface area contributed by atoms with Gasteiger partial charge < -0.3 is 10.6 Å². The van der Waals surface area contributed by atoms with E-state index in [4.69, 9.17) is 10.6 Å². The average Bonchev–Trinajstić information content (AvgIpc) is 2.70. The van der Waals surface area contributed by atoms with Crippen LogP contribution in [0.3, 0.4) is 0 Å². The molecule has 0 aliphatic heterocycles. The minimum Gasteiger partial charge on any atom is -0.496 e. The molecule has 0 radical (unpaired) electrons. The van der Waals surface area contributed by atoms with Crippen LogP contribution in [0.15, 0.2) is 29.4 Å². The Morgan fingerprint density at radius 1 is 1.31 bits per heavy atom. The van der Waals surface area contributed by atoms with Gasteiger partial charge in [0.05, 0.1) is 12.7 Å². The molecule has 0 aliphatic rings. The van der Waals surface area contributed by atoms with Crippen molar-refractivity contribution in [3.63, 3.8) is 0 Å². The van der Waals surface area contributed by atoms with E-state index in [1.807, 2.05) is 30.5 Å². The maximum absolute atomic E-state index is 5.88. The fourth-order valence-electron chi connectivity index (χ4n) is 1.43. The van der Waals surface area contributed by atoms with Gasteiger partial charge in [-0.1, -0.05) is 23.9 Å². The van der Waals surface area contributed by atoms with E-state index < -0.39 is 0 Å². The first-order valence-corrected chi connectivity index (χ1v) is 5.88. The minimum atomic E-state index is 0.599. The number of hydrogen-bond acceptors (Lipinski definition) is 5. The highest BCUT2D eigenvalue weighted by atomic mass is 32.2. The van der Waals surface area contributed by atoms with Crippen LogP contribution in [0.4, 0.5) is 0 Å². The molecule has 1 aromatic heterocycles. The summed E-state index contributed by atoms with van der Waals surface area (Å²) in [6, 6.07) is 7.57. The van der Waals surface area contributed by atoms with Crippen LogP contribution in [0, 0.1) is 0 Å². The normalized spacial score (nSPS) is 10.4. The van der Waals surface area contributed by atoms with Crippen molar-refractivity contribution >= 4 is 11.8 Å². The van der Waals surface area contributed by atoms with E-state index in [2.05, 4.69) is 10.2 Å². The van der Waals surface area contributed by atoms with Crippen molar-refractivity contribution in [2.24, 2.45) is 0 Å². The number of nitrogens with zero attached hydrogens (tertiary/aromatic N) is 3. The van der Waals surface area contributed by atoms with Gasteiger partial charge in [-0.05, 0) is 18.4 Å². The van der Waals surface area contributed by atoms with Gasteiger partial charge in [-0.3, -0.25) is 0 Å². The van der Waals surface area contributed by atoms with Gasteiger partial charge in [-0.15, -0.1) is 10.2 Å². The van der Waals surface area contributed by atoms with Crippen LogP contribution >= 0.6 is 11.8 Å². The molecule has 5 nitrogen and oxygen atoms in total. The average molecular weight is 236 g/mol. The zero-order chi connectivity index (χ0) is 11.5. The second-order valence-corrected chi connectivity index (χ2v) is 3.85. The molecule has 16 heavy (non-hydrogen) atoms. The third-order valence-corrected chi connectivity index (χ3v) is 2.84. The van der Waals surface area contributed by atoms with Gasteiger partial charge >= 0.3 is 0 Å². The topological polar surface area (TPSA) is 66.0 Å². The highest BCUT2D eigenvalue weighted by molar-refractivity contribution is 7.98. The minimum absolute atomic E-state index is 0.599. The van der Waals surface area contributed by atoms with E-state index in [0.717, 1.165) is 11.3 Å². The van der Waals surface area contributed by atoms with Crippen molar-refractivity contribution in [3.05, 3.63) is 24.3 Å². The number of ether oxygens (including phenoxy) is 1. The van der Waals surface area contributed by atoms with Gasteiger partial charge in [0.25, 0.3) is 0 Å². The molecule has 0 atom stereocenters. The van der Waals surface area contributed by atoms with E-state index in [9.17, 15) is 0 Å². The fourth-order valence-corrected chi connectivity index (χ4v) is 1.83. The van der Waals surface area contributed by atoms with Crippen molar-refractivity contribution in [2.45, 2.75) is 5.16 Å². The van der Waals surface area contributed by atoms with Gasteiger partial charge in [-0.2, -0.15) is 0 Å². The predicted octanol–water partition coefficient (Wildman–Crippen LogP) is 1.39. The molecule has 0 bridgehead atoms. The number of aromatic nitrogens is 3. The summed E-state index contributed by atoms with van der Waals surface area (Å²) in [5.74, 6) is 7.21. The molecule has 2 N–H and O–H groups in total. The molecule has 0 fully saturated rings. The van der Waals surface area contributed by atoms with Gasteiger partial charge in [0.1, 0.15) is 5.75 Å². The lowest BCUT2D eigenvalue weighted by molar-refractivity contribution is 0.416. The summed E-state index contributed by atoms with van der Waals surface area (Å²) in [6.45, 7) is 0. The molecule has 0 saturated heterocycles. The standard InChI is InChI=1S/C10H12N4OS/c1-15-8-6-4-3-5-7(8)9-12-13-10(16-2)14(9)11/h3-6H,11H2,1-2H3. The fraction of sp³-hybridized carbons (Fsp3) is 0.200. The van der Waals surface area contributed by atoms with Crippen LogP contribution in [-0.4, -0.2) is 28.2 Å². The first-order chi connectivity index (χ1) is 7.77. The summed E-state index contributed by atoms with van der Waals surface area (Å²) >= 11 is 1.45. The monoisotopic (exact) mass is 236 g/mol. The molecule has 0 saturated carbocycles. The van der Waals surface area contributed by atoms with E-state index in [1.54, 1.807) is 7.11 Å². The Morgan fingerprint density at radius 2 is 2.06 bits per heavy atom. The number of rotatable bonds is 3. The van der Waals surface area contributed by atoms with E-state index >= 15 is 0 Å². The van der Waals surface area contributed by atoms with Crippen LogP contribution in [0.25, 0.3) is 11.4 Å². The van der Waals surface area contributed by atoms with E-state index in [0.29, 0.717) is 11.0 Å². The van der Waals surface area contributed by atoms with Crippen molar-refractivity contribution in [1.29, 1.82) is 0 Å². The van der Waals surface area contributed by atoms with Gasteiger partial charge in [-0.25, -0.2) is 4.68 Å². The van der Waals surface area contributed by atoms with Crippen LogP contribution in [0.2, 0.25) is 0 Å². The highest BCUT2D eigenvalue weighted by Crippen LogP contribution is 2.28. The molecule has 84 valence electrons. The summed E-state index contributed by atoms with van der Waals surface area (Å²) in [4.78, 5) is 0. The predicted molar refractivity (Wildman–Crippen MR) is 63.9 cm³/mol. The van der Waals surface area contributed by atoms with Crippen molar-refractivity contribution < 1.29 is 4.74 Å². The van der Waals surface area contributed by atoms with Crippen molar-refractivity contribution in [1.82, 2.24) is 14.9 Å². The molecule has 2 rings (SSSR count). The molecule has 1 aromatic carbocycles. The molecule has 6 heteroatoms. The van der Waals surface area contributed by atoms with Crippen molar-refractivity contribution in [3.8, 4) is 17.1 Å². The molecule has 0 spiro atoms. The Morgan fingerprint density at radius 3 is 2.69 bits per heavy atom. The van der Waals surface area contributed by atoms with Gasteiger partial charge in [0.2, 0.25) is 5.16 Å². The zero-order valence-corrected chi connectivity index (χ0v) is 9.86. The number of nitrogen functional groups attached to an aromatic ring is 1. The highest BCUT2D eigenvalue weighted by Gasteiger charge is 2.14. The van der Waals surface area contributed by atoms with Gasteiger partial charge in [0.15, 0.2) is 5.82 Å². The number of thioether (sulfide) groups is 1. The summed E-state index contributed by atoms with van der Waals surface area (Å²) in [7, 11) is 1.62. The molecule has 0 aliphatic carbocycles. The first kappa shape index (κ1) is 10.8. The summed E-state index contributed by atoms with van der Waals surface area (Å²) in [5.41, 5.74) is 0.834. The lowest BCUT2D eigenvalue weighted by Gasteiger charge is -2.07. The SMILES string of the molecule is COc1ccccc1-c1nnc(SC)n1N. The quantitative estimate of drug-likeness (QED) is 0.644. The second-order valence-electron chi connectivity index (χ2n) is 3.08. The Kier molecular flexibility index (Phi) is 3.00. The van der Waals surface area contributed by atoms with Crippen LogP contribution < -0.4 is 10.6 Å². The number of nitrogens with two attached hydrogens (primary N) is 1. The third kappa shape index (κ3) is 1.71.